The molecule has 5 heteroatoms. The van der Waals surface area contributed by atoms with Crippen molar-refractivity contribution in [3.8, 4) is 0 Å². The number of hydrogen-bond donors (Lipinski definition) is 3. The summed E-state index contributed by atoms with van der Waals surface area (Å²) in [5.41, 5.74) is 0.777. The molecule has 0 aromatic heterocycles. The second-order valence-electron chi connectivity index (χ2n) is 3.03. The molecule has 0 fully saturated rings. The highest BCUT2D eigenvalue weighted by Crippen LogP contribution is 2.03. The van der Waals surface area contributed by atoms with E-state index in [0.29, 0.717) is 0 Å². The van der Waals surface area contributed by atoms with Crippen LogP contribution in [0.2, 0.25) is 0 Å². The van der Waals surface area contributed by atoms with Crippen molar-refractivity contribution in [2.75, 3.05) is 0 Å². The summed E-state index contributed by atoms with van der Waals surface area (Å²) in [6.07, 6.45) is -1.19. The first-order chi connectivity index (χ1) is 7.09. The highest BCUT2D eigenvalue weighted by molar-refractivity contribution is 5.79. The number of amides is 1. The summed E-state index contributed by atoms with van der Waals surface area (Å²) in [6.45, 7) is 0. The molecule has 1 aromatic carbocycles. The molecule has 0 aliphatic carbocycles. The topological polar surface area (TPSA) is 86.6 Å². The molecule has 5 nitrogen and oxygen atoms in total. The quantitative estimate of drug-likeness (QED) is 0.689. The average Bonchev–Trinajstić information content (AvgIpc) is 2.17. The SMILES string of the molecule is O=C(O)N[C@H](Cc1ccccc1)C(=O)O. The lowest BCUT2D eigenvalue weighted by molar-refractivity contribution is -0.139. The van der Waals surface area contributed by atoms with E-state index in [1.807, 2.05) is 11.4 Å². The zero-order chi connectivity index (χ0) is 11.3. The van der Waals surface area contributed by atoms with Crippen LogP contribution in [0.15, 0.2) is 30.3 Å². The van der Waals surface area contributed by atoms with Gasteiger partial charge >= 0.3 is 12.1 Å². The maximum atomic E-state index is 10.7. The van der Waals surface area contributed by atoms with E-state index < -0.39 is 18.1 Å². The highest BCUT2D eigenvalue weighted by Gasteiger charge is 2.19. The largest absolute Gasteiger partial charge is 0.480 e. The van der Waals surface area contributed by atoms with Crippen LogP contribution in [0, 0.1) is 0 Å². The van der Waals surface area contributed by atoms with Crippen LogP contribution >= 0.6 is 0 Å². The molecule has 0 heterocycles. The van der Waals surface area contributed by atoms with Gasteiger partial charge < -0.3 is 15.5 Å². The van der Waals surface area contributed by atoms with Gasteiger partial charge in [-0.15, -0.1) is 0 Å². The summed E-state index contributed by atoms with van der Waals surface area (Å²) in [5.74, 6) is -1.18. The van der Waals surface area contributed by atoms with Crippen LogP contribution in [0.3, 0.4) is 0 Å². The Morgan fingerprint density at radius 2 is 1.80 bits per heavy atom. The summed E-state index contributed by atoms with van der Waals surface area (Å²) in [5, 5.41) is 19.1. The molecule has 1 amide bonds. The zero-order valence-corrected chi connectivity index (χ0v) is 7.88. The van der Waals surface area contributed by atoms with Crippen LogP contribution in [0.4, 0.5) is 4.79 Å². The molecule has 0 aliphatic rings. The molecule has 1 atom stereocenters. The van der Waals surface area contributed by atoms with E-state index in [1.165, 1.54) is 0 Å². The van der Waals surface area contributed by atoms with Gasteiger partial charge in [0.25, 0.3) is 0 Å². The lowest BCUT2D eigenvalue weighted by Crippen LogP contribution is -2.41. The minimum absolute atomic E-state index is 0.141. The molecule has 80 valence electrons. The van der Waals surface area contributed by atoms with Gasteiger partial charge in [0.1, 0.15) is 6.04 Å². The first-order valence-corrected chi connectivity index (χ1v) is 4.36. The molecule has 1 rings (SSSR count). The van der Waals surface area contributed by atoms with Crippen molar-refractivity contribution < 1.29 is 19.8 Å². The third-order valence-corrected chi connectivity index (χ3v) is 1.88. The van der Waals surface area contributed by atoms with E-state index >= 15 is 0 Å². The molecule has 0 radical (unpaired) electrons. The summed E-state index contributed by atoms with van der Waals surface area (Å²) in [4.78, 5) is 21.0. The van der Waals surface area contributed by atoms with E-state index in [-0.39, 0.29) is 6.42 Å². The lowest BCUT2D eigenvalue weighted by Gasteiger charge is -2.11. The number of carboxylic acids is 1. The predicted octanol–water partition coefficient (Wildman–Crippen LogP) is 0.950. The van der Waals surface area contributed by atoms with Gasteiger partial charge in [0.2, 0.25) is 0 Å². The Morgan fingerprint density at radius 3 is 2.27 bits per heavy atom. The van der Waals surface area contributed by atoms with Gasteiger partial charge in [-0.05, 0) is 5.56 Å². The minimum Gasteiger partial charge on any atom is -0.480 e. The second kappa shape index (κ2) is 4.99. The van der Waals surface area contributed by atoms with Gasteiger partial charge in [-0.25, -0.2) is 9.59 Å². The fourth-order valence-electron chi connectivity index (χ4n) is 1.20. The lowest BCUT2D eigenvalue weighted by atomic mass is 10.1. The van der Waals surface area contributed by atoms with Crippen LogP contribution in [-0.4, -0.2) is 28.3 Å². The molecule has 3 N–H and O–H groups in total. The van der Waals surface area contributed by atoms with Crippen molar-refractivity contribution >= 4 is 12.1 Å². The normalized spacial score (nSPS) is 11.7. The monoisotopic (exact) mass is 209 g/mol. The summed E-state index contributed by atoms with van der Waals surface area (Å²) in [6, 6.07) is 7.75. The summed E-state index contributed by atoms with van der Waals surface area (Å²) in [7, 11) is 0. The Morgan fingerprint density at radius 1 is 1.20 bits per heavy atom. The van der Waals surface area contributed by atoms with E-state index in [4.69, 9.17) is 10.2 Å². The summed E-state index contributed by atoms with van der Waals surface area (Å²) < 4.78 is 0. The Bertz CT molecular complexity index is 350. The van der Waals surface area contributed by atoms with Crippen LogP contribution in [0.5, 0.6) is 0 Å². The van der Waals surface area contributed by atoms with E-state index in [9.17, 15) is 9.59 Å². The van der Waals surface area contributed by atoms with Gasteiger partial charge in [0, 0.05) is 6.42 Å². The van der Waals surface area contributed by atoms with Gasteiger partial charge in [-0.3, -0.25) is 0 Å². The third kappa shape index (κ3) is 3.68. The Kier molecular flexibility index (Phi) is 3.68. The fourth-order valence-corrected chi connectivity index (χ4v) is 1.20. The number of carbonyl (C=O) groups is 2. The first-order valence-electron chi connectivity index (χ1n) is 4.36. The van der Waals surface area contributed by atoms with Crippen molar-refractivity contribution in [1.82, 2.24) is 5.32 Å². The average molecular weight is 209 g/mol. The number of aliphatic carboxylic acids is 1. The van der Waals surface area contributed by atoms with E-state index in [1.54, 1.807) is 24.3 Å². The van der Waals surface area contributed by atoms with E-state index in [0.717, 1.165) is 5.56 Å². The molecule has 15 heavy (non-hydrogen) atoms. The molecule has 0 aliphatic heterocycles. The molecular weight excluding hydrogens is 198 g/mol. The maximum Gasteiger partial charge on any atom is 0.405 e. The van der Waals surface area contributed by atoms with Crippen LogP contribution < -0.4 is 5.32 Å². The minimum atomic E-state index is -1.33. The van der Waals surface area contributed by atoms with Crippen LogP contribution in [-0.2, 0) is 11.2 Å². The Balaban J connectivity index is 2.67. The number of hydrogen-bond acceptors (Lipinski definition) is 2. The van der Waals surface area contributed by atoms with Gasteiger partial charge in [-0.1, -0.05) is 30.3 Å². The molecule has 0 saturated carbocycles. The van der Waals surface area contributed by atoms with Crippen LogP contribution in [0.25, 0.3) is 0 Å². The highest BCUT2D eigenvalue weighted by atomic mass is 16.4. The fraction of sp³-hybridized carbons (Fsp3) is 0.200. The van der Waals surface area contributed by atoms with Gasteiger partial charge in [0.15, 0.2) is 0 Å². The molecular formula is C10H11NO4. The molecule has 0 bridgehead atoms. The standard InChI is InChI=1S/C10H11NO4/c12-9(13)8(11-10(14)15)6-7-4-2-1-3-5-7/h1-5,8,11H,6H2,(H,12,13)(H,14,15)/t8-/m1/s1. The molecule has 0 unspecified atom stereocenters. The second-order valence-corrected chi connectivity index (χ2v) is 3.03. The van der Waals surface area contributed by atoms with Gasteiger partial charge in [0.05, 0.1) is 0 Å². The third-order valence-electron chi connectivity index (χ3n) is 1.88. The van der Waals surface area contributed by atoms with Crippen molar-refractivity contribution in [2.45, 2.75) is 12.5 Å². The van der Waals surface area contributed by atoms with Gasteiger partial charge in [-0.2, -0.15) is 0 Å². The maximum absolute atomic E-state index is 10.7. The smallest absolute Gasteiger partial charge is 0.405 e. The number of nitrogens with one attached hydrogen (secondary N) is 1. The van der Waals surface area contributed by atoms with Crippen LogP contribution in [0.1, 0.15) is 5.56 Å². The summed E-state index contributed by atoms with van der Waals surface area (Å²) >= 11 is 0. The number of rotatable bonds is 4. The molecule has 0 saturated heterocycles. The Hall–Kier alpha value is -2.04. The molecule has 0 spiro atoms. The van der Waals surface area contributed by atoms with Crippen molar-refractivity contribution in [3.05, 3.63) is 35.9 Å². The predicted molar refractivity (Wildman–Crippen MR) is 52.7 cm³/mol. The zero-order valence-electron chi connectivity index (χ0n) is 7.88. The van der Waals surface area contributed by atoms with Crippen molar-refractivity contribution in [3.63, 3.8) is 0 Å². The number of benzene rings is 1. The van der Waals surface area contributed by atoms with E-state index in [2.05, 4.69) is 0 Å². The molecule has 1 aromatic rings. The Labute approximate surface area is 86.4 Å². The number of carboxylic acid groups (broad SMARTS) is 2. The van der Waals surface area contributed by atoms with Crippen molar-refractivity contribution in [1.29, 1.82) is 0 Å². The first kappa shape index (κ1) is 11.0. The van der Waals surface area contributed by atoms with Crippen molar-refractivity contribution in [2.24, 2.45) is 0 Å².